The SMILES string of the molecule is Cc1ccc2c(c1)CC(NCCC1CCCN1C(=O)OC(C)(C)C)C2. The molecule has 0 aromatic heterocycles. The normalized spacial score (nSPS) is 23.0. The molecule has 1 aromatic carbocycles. The van der Waals surface area contributed by atoms with Crippen LogP contribution in [0.15, 0.2) is 18.2 Å². The molecule has 0 saturated carbocycles. The van der Waals surface area contributed by atoms with Crippen molar-refractivity contribution in [1.29, 1.82) is 0 Å². The van der Waals surface area contributed by atoms with Crippen LogP contribution in [-0.2, 0) is 17.6 Å². The zero-order valence-electron chi connectivity index (χ0n) is 16.1. The highest BCUT2D eigenvalue weighted by Crippen LogP contribution is 2.25. The summed E-state index contributed by atoms with van der Waals surface area (Å²) in [5, 5.41) is 3.70. The molecule has 4 heteroatoms. The number of hydrogen-bond donors (Lipinski definition) is 1. The van der Waals surface area contributed by atoms with Crippen LogP contribution >= 0.6 is 0 Å². The molecular formula is C21H32N2O2. The standard InChI is InChI=1S/C21H32N2O2/c1-15-7-8-16-13-18(14-17(16)12-15)22-10-9-19-6-5-11-23(19)20(24)25-21(2,3)4/h7-8,12,18-19,22H,5-6,9-11,13-14H2,1-4H3. The monoisotopic (exact) mass is 344 g/mol. The summed E-state index contributed by atoms with van der Waals surface area (Å²) in [5.41, 5.74) is 3.91. The van der Waals surface area contributed by atoms with Crippen molar-refractivity contribution >= 4 is 6.09 Å². The summed E-state index contributed by atoms with van der Waals surface area (Å²) in [6.45, 7) is 9.73. The maximum Gasteiger partial charge on any atom is 0.410 e. The van der Waals surface area contributed by atoms with Crippen LogP contribution in [0.25, 0.3) is 0 Å². The number of amides is 1. The Morgan fingerprint density at radius 1 is 1.28 bits per heavy atom. The summed E-state index contributed by atoms with van der Waals surface area (Å²) in [6.07, 6.45) is 5.26. The molecule has 1 saturated heterocycles. The molecule has 0 radical (unpaired) electrons. The van der Waals surface area contributed by atoms with Gasteiger partial charge in [-0.3, -0.25) is 0 Å². The number of fused-ring (bicyclic) bond motifs is 1. The Kier molecular flexibility index (Phi) is 5.38. The van der Waals surface area contributed by atoms with Gasteiger partial charge in [0.2, 0.25) is 0 Å². The first kappa shape index (κ1) is 18.2. The van der Waals surface area contributed by atoms with E-state index in [9.17, 15) is 4.79 Å². The average Bonchev–Trinajstić information content (AvgIpc) is 3.11. The Morgan fingerprint density at radius 2 is 2.04 bits per heavy atom. The first-order valence-electron chi connectivity index (χ1n) is 9.63. The number of carbonyl (C=O) groups is 1. The van der Waals surface area contributed by atoms with Crippen LogP contribution < -0.4 is 5.32 Å². The van der Waals surface area contributed by atoms with Gasteiger partial charge < -0.3 is 15.0 Å². The van der Waals surface area contributed by atoms with E-state index in [4.69, 9.17) is 4.74 Å². The first-order valence-corrected chi connectivity index (χ1v) is 9.63. The molecular weight excluding hydrogens is 312 g/mol. The lowest BCUT2D eigenvalue weighted by molar-refractivity contribution is 0.0220. The van der Waals surface area contributed by atoms with Crippen LogP contribution in [0.2, 0.25) is 0 Å². The molecule has 1 aromatic rings. The van der Waals surface area contributed by atoms with Crippen LogP contribution in [0.1, 0.15) is 56.7 Å². The number of aryl methyl sites for hydroxylation is 1. The molecule has 1 heterocycles. The van der Waals surface area contributed by atoms with Crippen LogP contribution in [0.5, 0.6) is 0 Å². The van der Waals surface area contributed by atoms with Gasteiger partial charge in [0, 0.05) is 18.6 Å². The van der Waals surface area contributed by atoms with Gasteiger partial charge in [0.05, 0.1) is 0 Å². The highest BCUT2D eigenvalue weighted by molar-refractivity contribution is 5.68. The van der Waals surface area contributed by atoms with Crippen molar-refractivity contribution < 1.29 is 9.53 Å². The summed E-state index contributed by atoms with van der Waals surface area (Å²) < 4.78 is 5.55. The zero-order valence-corrected chi connectivity index (χ0v) is 16.1. The van der Waals surface area contributed by atoms with Crippen molar-refractivity contribution in [3.05, 3.63) is 34.9 Å². The summed E-state index contributed by atoms with van der Waals surface area (Å²) in [5.74, 6) is 0. The summed E-state index contributed by atoms with van der Waals surface area (Å²) in [4.78, 5) is 14.3. The highest BCUT2D eigenvalue weighted by Gasteiger charge is 2.32. The average molecular weight is 344 g/mol. The number of rotatable bonds is 4. The number of nitrogens with zero attached hydrogens (tertiary/aromatic N) is 1. The number of carbonyl (C=O) groups excluding carboxylic acids is 1. The number of ether oxygens (including phenoxy) is 1. The third-order valence-electron chi connectivity index (χ3n) is 5.21. The molecule has 2 aliphatic rings. The number of likely N-dealkylation sites (tertiary alicyclic amines) is 1. The molecule has 0 spiro atoms. The fraction of sp³-hybridized carbons (Fsp3) is 0.667. The van der Waals surface area contributed by atoms with Gasteiger partial charge >= 0.3 is 6.09 Å². The largest absolute Gasteiger partial charge is 0.444 e. The highest BCUT2D eigenvalue weighted by atomic mass is 16.6. The van der Waals surface area contributed by atoms with Crippen LogP contribution in [0.3, 0.4) is 0 Å². The minimum Gasteiger partial charge on any atom is -0.444 e. The number of hydrogen-bond acceptors (Lipinski definition) is 3. The Bertz CT molecular complexity index is 621. The Morgan fingerprint density at radius 3 is 2.80 bits per heavy atom. The van der Waals surface area contributed by atoms with Crippen molar-refractivity contribution in [2.75, 3.05) is 13.1 Å². The molecule has 25 heavy (non-hydrogen) atoms. The molecule has 3 rings (SSSR count). The maximum absolute atomic E-state index is 12.4. The predicted octanol–water partition coefficient (Wildman–Crippen LogP) is 3.84. The van der Waals surface area contributed by atoms with Crippen LogP contribution in [0, 0.1) is 6.92 Å². The molecule has 1 amide bonds. The van der Waals surface area contributed by atoms with Gasteiger partial charge in [-0.2, -0.15) is 0 Å². The van der Waals surface area contributed by atoms with Crippen LogP contribution in [-0.4, -0.2) is 41.8 Å². The third kappa shape index (κ3) is 4.75. The molecule has 2 atom stereocenters. The number of nitrogens with one attached hydrogen (secondary N) is 1. The maximum atomic E-state index is 12.4. The van der Waals surface area contributed by atoms with Gasteiger partial charge in [-0.15, -0.1) is 0 Å². The molecule has 1 aliphatic heterocycles. The lowest BCUT2D eigenvalue weighted by atomic mass is 10.1. The lowest BCUT2D eigenvalue weighted by Gasteiger charge is -2.29. The second kappa shape index (κ2) is 7.36. The van der Waals surface area contributed by atoms with E-state index in [1.54, 1.807) is 0 Å². The second-order valence-corrected chi connectivity index (χ2v) is 8.59. The van der Waals surface area contributed by atoms with Crippen molar-refractivity contribution in [3.63, 3.8) is 0 Å². The van der Waals surface area contributed by atoms with E-state index in [1.165, 1.54) is 16.7 Å². The summed E-state index contributed by atoms with van der Waals surface area (Å²) in [7, 11) is 0. The van der Waals surface area contributed by atoms with Gasteiger partial charge in [0.25, 0.3) is 0 Å². The fourth-order valence-electron chi connectivity index (χ4n) is 4.04. The number of benzene rings is 1. The minimum atomic E-state index is -0.420. The van der Waals surface area contributed by atoms with Crippen molar-refractivity contribution in [2.45, 2.75) is 77.5 Å². The third-order valence-corrected chi connectivity index (χ3v) is 5.21. The molecule has 1 aliphatic carbocycles. The topological polar surface area (TPSA) is 41.6 Å². The Hall–Kier alpha value is -1.55. The van der Waals surface area contributed by atoms with E-state index in [0.29, 0.717) is 12.1 Å². The van der Waals surface area contributed by atoms with Gasteiger partial charge in [-0.05, 0) is 77.5 Å². The van der Waals surface area contributed by atoms with Crippen LogP contribution in [0.4, 0.5) is 4.79 Å². The van der Waals surface area contributed by atoms with E-state index < -0.39 is 5.60 Å². The minimum absolute atomic E-state index is 0.154. The molecule has 1 fully saturated rings. The Labute approximate surface area is 151 Å². The summed E-state index contributed by atoms with van der Waals surface area (Å²) >= 11 is 0. The van der Waals surface area contributed by atoms with E-state index in [2.05, 4.69) is 30.4 Å². The van der Waals surface area contributed by atoms with Gasteiger partial charge in [0.15, 0.2) is 0 Å². The van der Waals surface area contributed by atoms with Gasteiger partial charge in [0.1, 0.15) is 5.60 Å². The molecule has 4 nitrogen and oxygen atoms in total. The first-order chi connectivity index (χ1) is 11.8. The lowest BCUT2D eigenvalue weighted by Crippen LogP contribution is -2.41. The quantitative estimate of drug-likeness (QED) is 0.902. The van der Waals surface area contributed by atoms with E-state index in [1.807, 2.05) is 25.7 Å². The summed E-state index contributed by atoms with van der Waals surface area (Å²) in [6, 6.07) is 7.64. The van der Waals surface area contributed by atoms with E-state index >= 15 is 0 Å². The smallest absolute Gasteiger partial charge is 0.410 e. The van der Waals surface area contributed by atoms with E-state index in [-0.39, 0.29) is 6.09 Å². The van der Waals surface area contributed by atoms with Crippen molar-refractivity contribution in [1.82, 2.24) is 10.2 Å². The van der Waals surface area contributed by atoms with Gasteiger partial charge in [-0.1, -0.05) is 23.8 Å². The Balaban J connectivity index is 1.45. The van der Waals surface area contributed by atoms with E-state index in [0.717, 1.165) is 45.2 Å². The van der Waals surface area contributed by atoms with Crippen molar-refractivity contribution in [3.8, 4) is 0 Å². The molecule has 1 N–H and O–H groups in total. The second-order valence-electron chi connectivity index (χ2n) is 8.59. The van der Waals surface area contributed by atoms with Gasteiger partial charge in [-0.25, -0.2) is 4.79 Å². The van der Waals surface area contributed by atoms with Crippen molar-refractivity contribution in [2.24, 2.45) is 0 Å². The predicted molar refractivity (Wildman–Crippen MR) is 101 cm³/mol. The zero-order chi connectivity index (χ0) is 18.0. The fourth-order valence-corrected chi connectivity index (χ4v) is 4.04. The molecule has 2 unspecified atom stereocenters. The molecule has 138 valence electrons. The molecule has 0 bridgehead atoms.